The largest absolute Gasteiger partial charge is 0.392 e. The van der Waals surface area contributed by atoms with Crippen molar-refractivity contribution in [2.24, 2.45) is 5.73 Å². The van der Waals surface area contributed by atoms with Gasteiger partial charge in [-0.15, -0.1) is 0 Å². The van der Waals surface area contributed by atoms with Gasteiger partial charge in [-0.05, 0) is 6.92 Å². The number of aromatic nitrogens is 2. The highest BCUT2D eigenvalue weighted by Gasteiger charge is 2.09. The second-order valence-electron chi connectivity index (χ2n) is 3.34. The van der Waals surface area contributed by atoms with Crippen LogP contribution in [0.1, 0.15) is 17.4 Å². The van der Waals surface area contributed by atoms with Gasteiger partial charge in [0.15, 0.2) is 0 Å². The summed E-state index contributed by atoms with van der Waals surface area (Å²) in [5, 5.41) is 11.5. The van der Waals surface area contributed by atoms with Crippen molar-refractivity contribution in [3.63, 3.8) is 0 Å². The summed E-state index contributed by atoms with van der Waals surface area (Å²) in [4.78, 5) is 15.4. The lowest BCUT2D eigenvalue weighted by atomic mass is 10.4. The first kappa shape index (κ1) is 11.7. The molecular weight excluding hydrogens is 196 g/mol. The highest BCUT2D eigenvalue weighted by atomic mass is 16.3. The highest BCUT2D eigenvalue weighted by molar-refractivity contribution is 5.91. The van der Waals surface area contributed by atoms with Crippen LogP contribution in [0.2, 0.25) is 0 Å². The summed E-state index contributed by atoms with van der Waals surface area (Å²) in [6.45, 7) is 2.97. The molecular formula is C9H16N4O2. The third kappa shape index (κ3) is 3.69. The Morgan fingerprint density at radius 1 is 1.80 bits per heavy atom. The van der Waals surface area contributed by atoms with E-state index in [0.29, 0.717) is 18.8 Å². The van der Waals surface area contributed by atoms with Gasteiger partial charge in [0.05, 0.1) is 12.4 Å². The minimum atomic E-state index is -0.555. The third-order valence-electron chi connectivity index (χ3n) is 1.81. The Morgan fingerprint density at radius 3 is 3.13 bits per heavy atom. The number of nitrogens with zero attached hydrogens (tertiary/aromatic N) is 2. The average Bonchev–Trinajstić information content (AvgIpc) is 2.63. The number of hydrogen-bond acceptors (Lipinski definition) is 4. The van der Waals surface area contributed by atoms with E-state index in [1.165, 1.54) is 0 Å². The van der Waals surface area contributed by atoms with E-state index in [4.69, 9.17) is 10.8 Å². The molecule has 84 valence electrons. The minimum Gasteiger partial charge on any atom is -0.392 e. The molecule has 6 heteroatoms. The summed E-state index contributed by atoms with van der Waals surface area (Å²) in [6.07, 6.45) is 2.63. The molecule has 0 radical (unpaired) electrons. The fourth-order valence-electron chi connectivity index (χ4n) is 1.08. The van der Waals surface area contributed by atoms with E-state index in [2.05, 4.69) is 10.3 Å². The number of aliphatic hydroxyl groups is 1. The van der Waals surface area contributed by atoms with Gasteiger partial charge in [0, 0.05) is 25.8 Å². The fraction of sp³-hybridized carbons (Fsp3) is 0.556. The van der Waals surface area contributed by atoms with E-state index in [0.717, 1.165) is 0 Å². The lowest BCUT2D eigenvalue weighted by Crippen LogP contribution is -2.30. The molecule has 1 heterocycles. The van der Waals surface area contributed by atoms with E-state index >= 15 is 0 Å². The number of carbonyl (C=O) groups is 1. The van der Waals surface area contributed by atoms with Crippen molar-refractivity contribution in [2.45, 2.75) is 19.6 Å². The number of nitrogens with one attached hydrogen (secondary N) is 1. The van der Waals surface area contributed by atoms with Crippen LogP contribution in [0.4, 0.5) is 0 Å². The molecule has 0 bridgehead atoms. The maximum atomic E-state index is 11.4. The summed E-state index contributed by atoms with van der Waals surface area (Å²) < 4.78 is 1.75. The van der Waals surface area contributed by atoms with Crippen LogP contribution >= 0.6 is 0 Å². The van der Waals surface area contributed by atoms with E-state index < -0.39 is 6.10 Å². The second-order valence-corrected chi connectivity index (χ2v) is 3.34. The molecule has 0 aliphatic carbocycles. The molecule has 1 atom stereocenters. The van der Waals surface area contributed by atoms with Crippen LogP contribution in [-0.2, 0) is 6.54 Å². The number of amides is 1. The van der Waals surface area contributed by atoms with Crippen molar-refractivity contribution < 1.29 is 9.90 Å². The van der Waals surface area contributed by atoms with Crippen LogP contribution in [0.15, 0.2) is 12.5 Å². The first-order valence-electron chi connectivity index (χ1n) is 4.81. The molecule has 1 aromatic rings. The van der Waals surface area contributed by atoms with E-state index in [9.17, 15) is 4.79 Å². The first-order chi connectivity index (χ1) is 7.13. The maximum Gasteiger partial charge on any atom is 0.271 e. The summed E-state index contributed by atoms with van der Waals surface area (Å²) in [7, 11) is 0. The molecule has 0 unspecified atom stereocenters. The Kier molecular flexibility index (Phi) is 4.26. The topological polar surface area (TPSA) is 93.2 Å². The maximum absolute atomic E-state index is 11.4. The molecule has 15 heavy (non-hydrogen) atoms. The van der Waals surface area contributed by atoms with Gasteiger partial charge in [-0.1, -0.05) is 0 Å². The molecule has 0 aliphatic rings. The summed E-state index contributed by atoms with van der Waals surface area (Å²) in [5.74, 6) is -0.285. The zero-order valence-electron chi connectivity index (χ0n) is 8.68. The van der Waals surface area contributed by atoms with Crippen molar-refractivity contribution in [1.82, 2.24) is 14.9 Å². The fourth-order valence-corrected chi connectivity index (χ4v) is 1.08. The number of carbonyl (C=O) groups excluding carboxylic acids is 1. The van der Waals surface area contributed by atoms with E-state index in [-0.39, 0.29) is 12.5 Å². The lowest BCUT2D eigenvalue weighted by Gasteiger charge is -2.04. The first-order valence-corrected chi connectivity index (χ1v) is 4.81. The Bertz CT molecular complexity index is 322. The van der Waals surface area contributed by atoms with Gasteiger partial charge in [0.1, 0.15) is 5.69 Å². The predicted octanol–water partition coefficient (Wildman–Crippen LogP) is -1.05. The van der Waals surface area contributed by atoms with E-state index in [1.807, 2.05) is 0 Å². The molecule has 0 aromatic carbocycles. The van der Waals surface area contributed by atoms with Crippen molar-refractivity contribution >= 4 is 5.91 Å². The van der Waals surface area contributed by atoms with Crippen LogP contribution in [0.25, 0.3) is 0 Å². The molecule has 0 saturated carbocycles. The number of imidazole rings is 1. The van der Waals surface area contributed by atoms with Gasteiger partial charge in [0.25, 0.3) is 5.91 Å². The average molecular weight is 212 g/mol. The monoisotopic (exact) mass is 212 g/mol. The van der Waals surface area contributed by atoms with Crippen LogP contribution < -0.4 is 11.1 Å². The highest BCUT2D eigenvalue weighted by Crippen LogP contribution is 1.95. The minimum absolute atomic E-state index is 0.225. The van der Waals surface area contributed by atoms with Gasteiger partial charge in [-0.3, -0.25) is 4.79 Å². The Hall–Kier alpha value is -1.40. The molecule has 4 N–H and O–H groups in total. The molecule has 0 saturated heterocycles. The molecule has 1 aromatic heterocycles. The predicted molar refractivity (Wildman–Crippen MR) is 55.3 cm³/mol. The Balaban J connectivity index is 2.50. The van der Waals surface area contributed by atoms with Gasteiger partial charge in [0.2, 0.25) is 0 Å². The standard InChI is InChI=1S/C9H16N4O2/c1-7(14)4-11-9(15)8-5-13(3-2-10)6-12-8/h5-7,14H,2-4,10H2,1H3,(H,11,15)/t7-/m1/s1. The van der Waals surface area contributed by atoms with Gasteiger partial charge in [-0.25, -0.2) is 4.98 Å². The molecule has 1 amide bonds. The van der Waals surface area contributed by atoms with Gasteiger partial charge in [-0.2, -0.15) is 0 Å². The zero-order chi connectivity index (χ0) is 11.3. The van der Waals surface area contributed by atoms with Crippen LogP contribution in [0.5, 0.6) is 0 Å². The number of nitrogens with two attached hydrogens (primary N) is 1. The number of aliphatic hydroxyl groups excluding tert-OH is 1. The second kappa shape index (κ2) is 5.47. The zero-order valence-corrected chi connectivity index (χ0v) is 8.68. The third-order valence-corrected chi connectivity index (χ3v) is 1.81. The molecule has 1 rings (SSSR count). The SMILES string of the molecule is C[C@@H](O)CNC(=O)c1cn(CCN)cn1. The Labute approximate surface area is 88.1 Å². The quantitative estimate of drug-likeness (QED) is 0.580. The van der Waals surface area contributed by atoms with Crippen LogP contribution in [0.3, 0.4) is 0 Å². The normalized spacial score (nSPS) is 12.5. The molecule has 0 spiro atoms. The summed E-state index contributed by atoms with van der Waals surface area (Å²) >= 11 is 0. The Morgan fingerprint density at radius 2 is 2.53 bits per heavy atom. The smallest absolute Gasteiger partial charge is 0.271 e. The van der Waals surface area contributed by atoms with Gasteiger partial charge >= 0.3 is 0 Å². The van der Waals surface area contributed by atoms with E-state index in [1.54, 1.807) is 24.0 Å². The summed E-state index contributed by atoms with van der Waals surface area (Å²) in [5.41, 5.74) is 5.70. The number of rotatable bonds is 5. The molecule has 0 aliphatic heterocycles. The van der Waals surface area contributed by atoms with Crippen molar-refractivity contribution in [2.75, 3.05) is 13.1 Å². The van der Waals surface area contributed by atoms with Gasteiger partial charge < -0.3 is 20.7 Å². The van der Waals surface area contributed by atoms with Crippen LogP contribution in [-0.4, -0.2) is 39.8 Å². The lowest BCUT2D eigenvalue weighted by molar-refractivity contribution is 0.0919. The van der Waals surface area contributed by atoms with Crippen molar-refractivity contribution in [3.05, 3.63) is 18.2 Å². The molecule has 6 nitrogen and oxygen atoms in total. The van der Waals surface area contributed by atoms with Crippen molar-refractivity contribution in [3.8, 4) is 0 Å². The van der Waals surface area contributed by atoms with Crippen molar-refractivity contribution in [1.29, 1.82) is 0 Å². The number of hydrogen-bond donors (Lipinski definition) is 3. The molecule has 0 fully saturated rings. The summed E-state index contributed by atoms with van der Waals surface area (Å²) in [6, 6.07) is 0. The van der Waals surface area contributed by atoms with Crippen LogP contribution in [0, 0.1) is 0 Å².